The van der Waals surface area contributed by atoms with E-state index in [2.05, 4.69) is 90.4 Å². The maximum Gasteiger partial charge on any atom is 0.276 e. The standard InChI is InChI=1S/C12H16I4N2O4S/c13-11(14)17-5-1-3-7(17)9(19)23(21,22)10(20)8-4-2-6-18(8)12(15)16/h7-8,11-12H,1-6H2. The lowest BCUT2D eigenvalue weighted by Crippen LogP contribution is -2.48. The summed E-state index contributed by atoms with van der Waals surface area (Å²) < 4.78 is 25.2. The van der Waals surface area contributed by atoms with Gasteiger partial charge in [0.25, 0.3) is 20.1 Å². The molecule has 2 atom stereocenters. The minimum absolute atomic E-state index is 0.0306. The van der Waals surface area contributed by atoms with E-state index in [1.165, 1.54) is 0 Å². The minimum Gasteiger partial charge on any atom is -0.279 e. The van der Waals surface area contributed by atoms with E-state index in [1.807, 2.05) is 9.80 Å². The third-order valence-electron chi connectivity index (χ3n) is 4.16. The van der Waals surface area contributed by atoms with Crippen LogP contribution >= 0.6 is 90.4 Å². The first-order valence-corrected chi connectivity index (χ1v) is 13.5. The molecule has 0 aromatic heterocycles. The van der Waals surface area contributed by atoms with Gasteiger partial charge in [-0.25, -0.2) is 8.42 Å². The topological polar surface area (TPSA) is 74.8 Å². The highest BCUT2D eigenvalue weighted by Gasteiger charge is 2.47. The predicted molar refractivity (Wildman–Crippen MR) is 122 cm³/mol. The van der Waals surface area contributed by atoms with Gasteiger partial charge in [-0.05, 0) is 25.7 Å². The lowest BCUT2D eigenvalue weighted by atomic mass is 10.2. The van der Waals surface area contributed by atoms with E-state index < -0.39 is 32.2 Å². The fourth-order valence-electron chi connectivity index (χ4n) is 3.01. The second kappa shape index (κ2) is 8.88. The van der Waals surface area contributed by atoms with Crippen molar-refractivity contribution >= 4 is 110 Å². The van der Waals surface area contributed by atoms with Gasteiger partial charge >= 0.3 is 0 Å². The third-order valence-corrected chi connectivity index (χ3v) is 8.63. The van der Waals surface area contributed by atoms with Crippen molar-refractivity contribution in [2.24, 2.45) is 0 Å². The fourth-order valence-corrected chi connectivity index (χ4v) is 7.10. The number of hydrogen-bond acceptors (Lipinski definition) is 6. The molecule has 0 bridgehead atoms. The average molecular weight is 792 g/mol. The van der Waals surface area contributed by atoms with Gasteiger partial charge < -0.3 is 0 Å². The summed E-state index contributed by atoms with van der Waals surface area (Å²) in [5, 5.41) is -1.83. The van der Waals surface area contributed by atoms with Crippen LogP contribution < -0.4 is 0 Å². The molecule has 2 aliphatic rings. The van der Waals surface area contributed by atoms with Crippen molar-refractivity contribution in [3.8, 4) is 0 Å². The minimum atomic E-state index is -4.41. The molecule has 0 aliphatic carbocycles. The summed E-state index contributed by atoms with van der Waals surface area (Å²) in [5.41, 5.74) is 0. The first-order valence-electron chi connectivity index (χ1n) is 7.08. The number of alkyl halides is 4. The van der Waals surface area contributed by atoms with E-state index in [9.17, 15) is 18.0 Å². The number of nitrogens with zero attached hydrogens (tertiary/aromatic N) is 2. The van der Waals surface area contributed by atoms with Crippen LogP contribution in [0.1, 0.15) is 25.7 Å². The summed E-state index contributed by atoms with van der Waals surface area (Å²) in [6.45, 7) is 1.38. The highest BCUT2D eigenvalue weighted by atomic mass is 127. The molecule has 132 valence electrons. The maximum absolute atomic E-state index is 12.6. The van der Waals surface area contributed by atoms with Gasteiger partial charge in [-0.3, -0.25) is 19.4 Å². The molecule has 2 heterocycles. The molecule has 0 radical (unpaired) electrons. The second-order valence-electron chi connectivity index (χ2n) is 5.49. The van der Waals surface area contributed by atoms with E-state index in [-0.39, 0.29) is 4.11 Å². The van der Waals surface area contributed by atoms with Crippen LogP contribution in [0, 0.1) is 0 Å². The van der Waals surface area contributed by atoms with Crippen LogP contribution in [0.5, 0.6) is 0 Å². The van der Waals surface area contributed by atoms with Gasteiger partial charge in [0.05, 0.1) is 12.1 Å². The Morgan fingerprint density at radius 3 is 1.48 bits per heavy atom. The molecule has 0 aromatic rings. The van der Waals surface area contributed by atoms with E-state index in [4.69, 9.17) is 0 Å². The Labute approximate surface area is 190 Å². The number of likely N-dealkylation sites (tertiary alicyclic amines) is 2. The lowest BCUT2D eigenvalue weighted by Gasteiger charge is -2.27. The highest BCUT2D eigenvalue weighted by Crippen LogP contribution is 2.31. The zero-order chi connectivity index (χ0) is 17.4. The summed E-state index contributed by atoms with van der Waals surface area (Å²) in [6, 6.07) is -1.37. The van der Waals surface area contributed by atoms with Crippen LogP contribution in [0.3, 0.4) is 0 Å². The number of hydrogen-bond donors (Lipinski definition) is 0. The van der Waals surface area contributed by atoms with Crippen LogP contribution in [-0.4, -0.2) is 57.7 Å². The Bertz CT molecular complexity index is 540. The molecule has 0 N–H and O–H groups in total. The van der Waals surface area contributed by atoms with Gasteiger partial charge in [0.15, 0.2) is 0 Å². The van der Waals surface area contributed by atoms with Gasteiger partial charge in [-0.2, -0.15) is 0 Å². The molecule has 0 spiro atoms. The molecule has 11 heteroatoms. The SMILES string of the molecule is O=C(C1CCCN1C(I)I)S(=O)(=O)C(=O)C1CCCN1C(I)I. The van der Waals surface area contributed by atoms with Crippen molar-refractivity contribution in [1.29, 1.82) is 0 Å². The Kier molecular flexibility index (Phi) is 8.27. The Morgan fingerprint density at radius 1 is 0.826 bits per heavy atom. The Balaban J connectivity index is 2.20. The summed E-state index contributed by atoms with van der Waals surface area (Å²) in [4.78, 5) is 28.9. The van der Waals surface area contributed by atoms with Crippen LogP contribution in [0.15, 0.2) is 0 Å². The Morgan fingerprint density at radius 2 is 1.17 bits per heavy atom. The second-order valence-corrected chi connectivity index (χ2v) is 16.8. The quantitative estimate of drug-likeness (QED) is 0.248. The smallest absolute Gasteiger partial charge is 0.276 e. The van der Waals surface area contributed by atoms with Crippen LogP contribution in [0.2, 0.25) is 0 Å². The summed E-state index contributed by atoms with van der Waals surface area (Å²) in [7, 11) is -4.41. The van der Waals surface area contributed by atoms with Gasteiger partial charge in [0.2, 0.25) is 0 Å². The van der Waals surface area contributed by atoms with Crippen LogP contribution in [-0.2, 0) is 19.4 Å². The van der Waals surface area contributed by atoms with Crippen molar-refractivity contribution in [1.82, 2.24) is 9.80 Å². The number of sulfone groups is 1. The zero-order valence-corrected chi connectivity index (χ0v) is 21.4. The number of rotatable bonds is 4. The summed E-state index contributed by atoms with van der Waals surface area (Å²) in [6.07, 6.45) is 2.57. The van der Waals surface area contributed by atoms with Crippen molar-refractivity contribution in [3.05, 3.63) is 0 Å². The summed E-state index contributed by atoms with van der Waals surface area (Å²) in [5.74, 6) is 0. The third kappa shape index (κ3) is 4.70. The maximum atomic E-state index is 12.6. The predicted octanol–water partition coefficient (Wildman–Crippen LogP) is 2.69. The molecule has 0 aromatic carbocycles. The average Bonchev–Trinajstić information content (AvgIpc) is 3.13. The molecule has 2 fully saturated rings. The molecule has 23 heavy (non-hydrogen) atoms. The lowest BCUT2D eigenvalue weighted by molar-refractivity contribution is -0.118. The highest BCUT2D eigenvalue weighted by molar-refractivity contribution is 14.2. The van der Waals surface area contributed by atoms with Crippen molar-refractivity contribution < 1.29 is 18.0 Å². The first-order chi connectivity index (χ1) is 10.7. The van der Waals surface area contributed by atoms with Crippen LogP contribution in [0.25, 0.3) is 0 Å². The van der Waals surface area contributed by atoms with E-state index in [1.54, 1.807) is 0 Å². The molecule has 2 aliphatic heterocycles. The first kappa shape index (κ1) is 21.4. The molecule has 6 nitrogen and oxygen atoms in total. The van der Waals surface area contributed by atoms with Crippen molar-refractivity contribution in [2.45, 2.75) is 41.9 Å². The Hall–Kier alpha value is 2.13. The molecule has 0 saturated carbocycles. The van der Waals surface area contributed by atoms with Gasteiger partial charge in [0.1, 0.15) is 4.11 Å². The fraction of sp³-hybridized carbons (Fsp3) is 0.833. The van der Waals surface area contributed by atoms with Crippen molar-refractivity contribution in [3.63, 3.8) is 0 Å². The zero-order valence-electron chi connectivity index (χ0n) is 12.0. The summed E-state index contributed by atoms with van der Waals surface area (Å²) >= 11 is 8.64. The number of carbonyl (C=O) groups excluding carboxylic acids is 2. The van der Waals surface area contributed by atoms with Crippen molar-refractivity contribution in [2.75, 3.05) is 13.1 Å². The molecule has 0 amide bonds. The van der Waals surface area contributed by atoms with E-state index in [0.29, 0.717) is 25.9 Å². The monoisotopic (exact) mass is 792 g/mol. The van der Waals surface area contributed by atoms with Gasteiger partial charge in [-0.1, -0.05) is 90.4 Å². The van der Waals surface area contributed by atoms with Gasteiger partial charge in [-0.15, -0.1) is 0 Å². The molecular formula is C12H16I4N2O4S. The molecule has 2 unspecified atom stereocenters. The van der Waals surface area contributed by atoms with E-state index in [0.717, 1.165) is 12.8 Å². The largest absolute Gasteiger partial charge is 0.279 e. The van der Waals surface area contributed by atoms with E-state index >= 15 is 0 Å². The molecule has 2 rings (SSSR count). The molecule has 2 saturated heterocycles. The molecular weight excluding hydrogens is 776 g/mol. The van der Waals surface area contributed by atoms with Gasteiger partial charge in [0, 0.05) is 13.1 Å². The normalized spacial score (nSPS) is 27.2. The van der Waals surface area contributed by atoms with Crippen LogP contribution in [0.4, 0.5) is 0 Å². The number of carbonyl (C=O) groups is 2. The number of halogens is 4.